The van der Waals surface area contributed by atoms with Crippen LogP contribution in [0, 0.1) is 10.1 Å². The van der Waals surface area contributed by atoms with E-state index in [1.807, 2.05) is 0 Å². The van der Waals surface area contributed by atoms with E-state index < -0.39 is 16.8 Å². The topological polar surface area (TPSA) is 120 Å². The smallest absolute Gasteiger partial charge is 0.343 e. The summed E-state index contributed by atoms with van der Waals surface area (Å²) in [7, 11) is 0. The van der Waals surface area contributed by atoms with Gasteiger partial charge in [0.2, 0.25) is 0 Å². The standard InChI is InChI=1S/C23H18ClN3O6/c1-2-32-21-13-15(14-25-26-22(28)16-4-8-18(24)9-5-16)3-12-20(21)33-23(29)17-6-10-19(11-7-17)27(30)31/h3-14H,2H2,1H3,(H,26,28). The lowest BCUT2D eigenvalue weighted by Crippen LogP contribution is -2.17. The minimum Gasteiger partial charge on any atom is -0.490 e. The van der Waals surface area contributed by atoms with E-state index in [0.29, 0.717) is 28.5 Å². The number of nitro benzene ring substituents is 1. The third-order valence-electron chi connectivity index (χ3n) is 4.27. The second-order valence-corrected chi connectivity index (χ2v) is 6.98. The highest BCUT2D eigenvalue weighted by Crippen LogP contribution is 2.29. The molecule has 1 N–H and O–H groups in total. The van der Waals surface area contributed by atoms with E-state index in [2.05, 4.69) is 10.5 Å². The van der Waals surface area contributed by atoms with E-state index >= 15 is 0 Å². The first kappa shape index (κ1) is 23.4. The number of halogens is 1. The van der Waals surface area contributed by atoms with Crippen molar-refractivity contribution >= 4 is 35.4 Å². The van der Waals surface area contributed by atoms with Crippen LogP contribution in [0.2, 0.25) is 5.02 Å². The van der Waals surface area contributed by atoms with E-state index in [1.54, 1.807) is 43.3 Å². The van der Waals surface area contributed by atoms with Gasteiger partial charge in [-0.15, -0.1) is 0 Å². The second kappa shape index (κ2) is 10.9. The van der Waals surface area contributed by atoms with Gasteiger partial charge >= 0.3 is 5.97 Å². The van der Waals surface area contributed by atoms with Crippen LogP contribution in [0.1, 0.15) is 33.2 Å². The molecule has 1 amide bonds. The first-order valence-electron chi connectivity index (χ1n) is 9.70. The molecule has 0 saturated heterocycles. The summed E-state index contributed by atoms with van der Waals surface area (Å²) in [4.78, 5) is 34.7. The number of ether oxygens (including phenoxy) is 2. The molecule has 10 heteroatoms. The number of carbonyl (C=O) groups excluding carboxylic acids is 2. The summed E-state index contributed by atoms with van der Waals surface area (Å²) >= 11 is 5.81. The Morgan fingerprint density at radius 1 is 1.03 bits per heavy atom. The number of carbonyl (C=O) groups is 2. The Hall–Kier alpha value is -4.24. The number of hydrogen-bond acceptors (Lipinski definition) is 7. The summed E-state index contributed by atoms with van der Waals surface area (Å²) in [6.07, 6.45) is 1.41. The molecule has 0 atom stereocenters. The molecule has 168 valence electrons. The zero-order valence-corrected chi connectivity index (χ0v) is 18.1. The van der Waals surface area contributed by atoms with Crippen LogP contribution in [0.15, 0.2) is 71.8 Å². The molecule has 0 radical (unpaired) electrons. The summed E-state index contributed by atoms with van der Waals surface area (Å²) in [6.45, 7) is 2.09. The molecular formula is C23H18ClN3O6. The van der Waals surface area contributed by atoms with Crippen molar-refractivity contribution in [2.75, 3.05) is 6.61 Å². The first-order valence-corrected chi connectivity index (χ1v) is 10.1. The van der Waals surface area contributed by atoms with Crippen molar-refractivity contribution in [3.63, 3.8) is 0 Å². The average Bonchev–Trinajstić information content (AvgIpc) is 2.81. The van der Waals surface area contributed by atoms with Gasteiger partial charge in [-0.1, -0.05) is 11.6 Å². The Morgan fingerprint density at radius 2 is 1.70 bits per heavy atom. The fourth-order valence-electron chi connectivity index (χ4n) is 2.67. The lowest BCUT2D eigenvalue weighted by Gasteiger charge is -2.11. The fraction of sp³-hybridized carbons (Fsp3) is 0.0870. The highest BCUT2D eigenvalue weighted by molar-refractivity contribution is 6.30. The molecular weight excluding hydrogens is 450 g/mol. The fourth-order valence-corrected chi connectivity index (χ4v) is 2.79. The van der Waals surface area contributed by atoms with Crippen LogP contribution in [-0.2, 0) is 0 Å². The molecule has 0 aliphatic rings. The normalized spacial score (nSPS) is 10.6. The summed E-state index contributed by atoms with van der Waals surface area (Å²) in [5.74, 6) is -0.632. The molecule has 0 spiro atoms. The molecule has 0 unspecified atom stereocenters. The van der Waals surface area contributed by atoms with E-state index in [4.69, 9.17) is 21.1 Å². The number of rotatable bonds is 8. The van der Waals surface area contributed by atoms with E-state index in [-0.39, 0.29) is 17.0 Å². The molecule has 9 nitrogen and oxygen atoms in total. The predicted octanol–water partition coefficient (Wildman–Crippen LogP) is 4.63. The van der Waals surface area contributed by atoms with Gasteiger partial charge < -0.3 is 9.47 Å². The lowest BCUT2D eigenvalue weighted by atomic mass is 10.2. The monoisotopic (exact) mass is 467 g/mol. The van der Waals surface area contributed by atoms with Crippen molar-refractivity contribution in [1.82, 2.24) is 5.43 Å². The number of hydrazone groups is 1. The van der Waals surface area contributed by atoms with Gasteiger partial charge in [0, 0.05) is 22.7 Å². The third-order valence-corrected chi connectivity index (χ3v) is 4.52. The molecule has 0 aliphatic carbocycles. The van der Waals surface area contributed by atoms with Gasteiger partial charge in [-0.2, -0.15) is 5.10 Å². The predicted molar refractivity (Wildman–Crippen MR) is 122 cm³/mol. The third kappa shape index (κ3) is 6.37. The molecule has 3 aromatic rings. The maximum Gasteiger partial charge on any atom is 0.343 e. The largest absolute Gasteiger partial charge is 0.490 e. The number of amides is 1. The minimum absolute atomic E-state index is 0.131. The van der Waals surface area contributed by atoms with Crippen molar-refractivity contribution < 1.29 is 24.0 Å². The number of nitro groups is 1. The van der Waals surface area contributed by atoms with E-state index in [0.717, 1.165) is 0 Å². The highest BCUT2D eigenvalue weighted by Gasteiger charge is 2.15. The first-order chi connectivity index (χ1) is 15.9. The van der Waals surface area contributed by atoms with Crippen LogP contribution in [0.25, 0.3) is 0 Å². The van der Waals surface area contributed by atoms with Gasteiger partial charge in [0.1, 0.15) is 0 Å². The lowest BCUT2D eigenvalue weighted by molar-refractivity contribution is -0.384. The number of nitrogens with one attached hydrogen (secondary N) is 1. The van der Waals surface area contributed by atoms with Crippen LogP contribution in [-0.4, -0.2) is 29.6 Å². The summed E-state index contributed by atoms with van der Waals surface area (Å²) in [5, 5.41) is 15.2. The Bertz CT molecular complexity index is 1190. The Kier molecular flexibility index (Phi) is 7.72. The van der Waals surface area contributed by atoms with Crippen molar-refractivity contribution in [3.8, 4) is 11.5 Å². The van der Waals surface area contributed by atoms with Crippen molar-refractivity contribution in [3.05, 3.63) is 98.6 Å². The highest BCUT2D eigenvalue weighted by atomic mass is 35.5. The number of esters is 1. The van der Waals surface area contributed by atoms with Crippen molar-refractivity contribution in [2.24, 2.45) is 5.10 Å². The van der Waals surface area contributed by atoms with Gasteiger partial charge in [-0.05, 0) is 67.1 Å². The zero-order valence-electron chi connectivity index (χ0n) is 17.4. The summed E-state index contributed by atoms with van der Waals surface area (Å²) in [6, 6.07) is 16.2. The van der Waals surface area contributed by atoms with E-state index in [1.165, 1.54) is 36.5 Å². The zero-order chi connectivity index (χ0) is 23.8. The van der Waals surface area contributed by atoms with Crippen LogP contribution < -0.4 is 14.9 Å². The number of non-ortho nitro benzene ring substituents is 1. The van der Waals surface area contributed by atoms with E-state index in [9.17, 15) is 19.7 Å². The maximum atomic E-state index is 12.4. The minimum atomic E-state index is -0.692. The second-order valence-electron chi connectivity index (χ2n) is 6.54. The summed E-state index contributed by atoms with van der Waals surface area (Å²) in [5.41, 5.74) is 3.42. The molecule has 3 rings (SSSR count). The summed E-state index contributed by atoms with van der Waals surface area (Å²) < 4.78 is 10.9. The number of benzene rings is 3. The van der Waals surface area contributed by atoms with Crippen LogP contribution in [0.3, 0.4) is 0 Å². The molecule has 0 heterocycles. The Labute approximate surface area is 193 Å². The number of hydrogen-bond donors (Lipinski definition) is 1. The molecule has 0 bridgehead atoms. The molecule has 0 fully saturated rings. The maximum absolute atomic E-state index is 12.4. The van der Waals surface area contributed by atoms with Gasteiger partial charge in [0.25, 0.3) is 11.6 Å². The van der Waals surface area contributed by atoms with Crippen molar-refractivity contribution in [2.45, 2.75) is 6.92 Å². The average molecular weight is 468 g/mol. The molecule has 0 aliphatic heterocycles. The van der Waals surface area contributed by atoms with Crippen LogP contribution in [0.4, 0.5) is 5.69 Å². The molecule has 0 aromatic heterocycles. The van der Waals surface area contributed by atoms with Crippen molar-refractivity contribution in [1.29, 1.82) is 0 Å². The quantitative estimate of drug-likeness (QED) is 0.169. The van der Waals surface area contributed by atoms with Gasteiger partial charge in [0.15, 0.2) is 11.5 Å². The van der Waals surface area contributed by atoms with Crippen LogP contribution in [0.5, 0.6) is 11.5 Å². The Balaban J connectivity index is 1.69. The number of nitrogens with zero attached hydrogens (tertiary/aromatic N) is 2. The molecule has 3 aromatic carbocycles. The molecule has 33 heavy (non-hydrogen) atoms. The SMILES string of the molecule is CCOc1cc(C=NNC(=O)c2ccc(Cl)cc2)ccc1OC(=O)c1ccc([N+](=O)[O-])cc1. The van der Waals surface area contributed by atoms with Gasteiger partial charge in [-0.3, -0.25) is 14.9 Å². The van der Waals surface area contributed by atoms with Gasteiger partial charge in [0.05, 0.1) is 23.3 Å². The molecule has 0 saturated carbocycles. The van der Waals surface area contributed by atoms with Gasteiger partial charge in [-0.25, -0.2) is 10.2 Å². The van der Waals surface area contributed by atoms with Crippen LogP contribution >= 0.6 is 11.6 Å². The Morgan fingerprint density at radius 3 is 2.33 bits per heavy atom.